The number of benzene rings is 2. The Labute approximate surface area is 142 Å². The molecule has 0 fully saturated rings. The second-order valence-electron chi connectivity index (χ2n) is 7.11. The molecule has 0 aromatic heterocycles. The van der Waals surface area contributed by atoms with Crippen LogP contribution in [0.25, 0.3) is 0 Å². The molecule has 0 saturated heterocycles. The van der Waals surface area contributed by atoms with Gasteiger partial charge in [-0.3, -0.25) is 4.90 Å². The molecule has 124 valence electrons. The van der Waals surface area contributed by atoms with Crippen LogP contribution in [0.3, 0.4) is 0 Å². The molecule has 0 bridgehead atoms. The average molecular weight is 309 g/mol. The van der Waals surface area contributed by atoms with Gasteiger partial charge in [-0.15, -0.1) is 0 Å². The third kappa shape index (κ3) is 4.94. The first-order valence-corrected chi connectivity index (χ1v) is 8.88. The van der Waals surface area contributed by atoms with Crippen molar-refractivity contribution in [3.63, 3.8) is 0 Å². The Morgan fingerprint density at radius 2 is 1.22 bits per heavy atom. The lowest BCUT2D eigenvalue weighted by Gasteiger charge is -2.34. The zero-order valence-electron chi connectivity index (χ0n) is 15.3. The molecule has 0 N–H and O–H groups in total. The predicted octanol–water partition coefficient (Wildman–Crippen LogP) is 5.76. The SMILES string of the molecule is CCCN(CC(C)C)C(c1ccc(C)cc1)c1ccc(C)cc1. The highest BCUT2D eigenvalue weighted by Crippen LogP contribution is 2.30. The molecule has 1 heteroatoms. The van der Waals surface area contributed by atoms with Gasteiger partial charge in [-0.2, -0.15) is 0 Å². The second kappa shape index (κ2) is 8.31. The molecule has 0 heterocycles. The van der Waals surface area contributed by atoms with Crippen LogP contribution in [0.1, 0.15) is 55.5 Å². The van der Waals surface area contributed by atoms with Crippen LogP contribution in [0.2, 0.25) is 0 Å². The zero-order chi connectivity index (χ0) is 16.8. The van der Waals surface area contributed by atoms with Gasteiger partial charge in [0.05, 0.1) is 6.04 Å². The Balaban J connectivity index is 2.43. The van der Waals surface area contributed by atoms with E-state index >= 15 is 0 Å². The maximum atomic E-state index is 2.64. The van der Waals surface area contributed by atoms with Gasteiger partial charge in [-0.1, -0.05) is 80.4 Å². The highest BCUT2D eigenvalue weighted by atomic mass is 15.2. The minimum atomic E-state index is 0.346. The summed E-state index contributed by atoms with van der Waals surface area (Å²) in [7, 11) is 0. The second-order valence-corrected chi connectivity index (χ2v) is 7.11. The van der Waals surface area contributed by atoms with Gasteiger partial charge < -0.3 is 0 Å². The molecule has 0 saturated carbocycles. The Kier molecular flexibility index (Phi) is 6.41. The van der Waals surface area contributed by atoms with Crippen molar-refractivity contribution < 1.29 is 0 Å². The lowest BCUT2D eigenvalue weighted by Crippen LogP contribution is -2.33. The van der Waals surface area contributed by atoms with Crippen LogP contribution < -0.4 is 0 Å². The summed E-state index contributed by atoms with van der Waals surface area (Å²) < 4.78 is 0. The van der Waals surface area contributed by atoms with E-state index in [0.717, 1.165) is 13.1 Å². The summed E-state index contributed by atoms with van der Waals surface area (Å²) in [6, 6.07) is 18.5. The summed E-state index contributed by atoms with van der Waals surface area (Å²) in [4.78, 5) is 2.64. The molecule has 2 aromatic rings. The minimum Gasteiger partial charge on any atom is -0.292 e. The number of hydrogen-bond donors (Lipinski definition) is 0. The monoisotopic (exact) mass is 309 g/mol. The normalized spacial score (nSPS) is 11.7. The van der Waals surface area contributed by atoms with E-state index in [1.54, 1.807) is 0 Å². The third-order valence-electron chi connectivity index (χ3n) is 4.26. The van der Waals surface area contributed by atoms with Gasteiger partial charge >= 0.3 is 0 Å². The molecular formula is C22H31N. The molecule has 0 atom stereocenters. The molecule has 0 amide bonds. The Morgan fingerprint density at radius 1 is 0.783 bits per heavy atom. The van der Waals surface area contributed by atoms with Gasteiger partial charge in [0.15, 0.2) is 0 Å². The first-order valence-electron chi connectivity index (χ1n) is 8.88. The van der Waals surface area contributed by atoms with E-state index in [2.05, 4.69) is 88.0 Å². The van der Waals surface area contributed by atoms with Crippen molar-refractivity contribution in [3.8, 4) is 0 Å². The van der Waals surface area contributed by atoms with Gasteiger partial charge in [0, 0.05) is 6.54 Å². The Bertz CT molecular complexity index is 535. The van der Waals surface area contributed by atoms with Crippen molar-refractivity contribution in [1.82, 2.24) is 4.90 Å². The standard InChI is InChI=1S/C22H31N/c1-6-15-23(16-17(2)3)22(20-11-7-18(4)8-12-20)21-13-9-19(5)10-14-21/h7-14,17,22H,6,15-16H2,1-5H3. The van der Waals surface area contributed by atoms with Crippen molar-refractivity contribution in [1.29, 1.82) is 0 Å². The summed E-state index contributed by atoms with van der Waals surface area (Å²) >= 11 is 0. The van der Waals surface area contributed by atoms with Gasteiger partial charge in [0.2, 0.25) is 0 Å². The number of hydrogen-bond acceptors (Lipinski definition) is 1. The van der Waals surface area contributed by atoms with Crippen molar-refractivity contribution in [2.45, 2.75) is 47.1 Å². The number of rotatable bonds is 7. The summed E-state index contributed by atoms with van der Waals surface area (Å²) in [5.41, 5.74) is 5.44. The van der Waals surface area contributed by atoms with E-state index in [1.807, 2.05) is 0 Å². The van der Waals surface area contributed by atoms with Gasteiger partial charge in [-0.25, -0.2) is 0 Å². The highest BCUT2D eigenvalue weighted by molar-refractivity contribution is 5.34. The fourth-order valence-corrected chi connectivity index (χ4v) is 3.19. The lowest BCUT2D eigenvalue weighted by atomic mass is 9.94. The van der Waals surface area contributed by atoms with Crippen molar-refractivity contribution >= 4 is 0 Å². The topological polar surface area (TPSA) is 3.24 Å². The van der Waals surface area contributed by atoms with Crippen LogP contribution in [0, 0.1) is 19.8 Å². The highest BCUT2D eigenvalue weighted by Gasteiger charge is 2.22. The molecule has 0 aliphatic carbocycles. The first-order chi connectivity index (χ1) is 11.0. The number of aryl methyl sites for hydroxylation is 2. The summed E-state index contributed by atoms with van der Waals surface area (Å²) in [6.07, 6.45) is 1.18. The predicted molar refractivity (Wildman–Crippen MR) is 101 cm³/mol. The van der Waals surface area contributed by atoms with Crippen LogP contribution in [0.5, 0.6) is 0 Å². The Hall–Kier alpha value is -1.60. The summed E-state index contributed by atoms with van der Waals surface area (Å²) in [5, 5.41) is 0. The molecule has 0 spiro atoms. The third-order valence-corrected chi connectivity index (χ3v) is 4.26. The first kappa shape index (κ1) is 17.7. The van der Waals surface area contributed by atoms with Crippen LogP contribution in [0.15, 0.2) is 48.5 Å². The van der Waals surface area contributed by atoms with E-state index in [0.29, 0.717) is 12.0 Å². The average Bonchev–Trinajstić information content (AvgIpc) is 2.51. The smallest absolute Gasteiger partial charge is 0.0601 e. The molecule has 1 nitrogen and oxygen atoms in total. The molecular weight excluding hydrogens is 278 g/mol. The Morgan fingerprint density at radius 3 is 1.57 bits per heavy atom. The fraction of sp³-hybridized carbons (Fsp3) is 0.455. The van der Waals surface area contributed by atoms with Crippen molar-refractivity contribution in [2.24, 2.45) is 5.92 Å². The van der Waals surface area contributed by atoms with E-state index < -0.39 is 0 Å². The molecule has 0 unspecified atom stereocenters. The largest absolute Gasteiger partial charge is 0.292 e. The maximum absolute atomic E-state index is 2.64. The van der Waals surface area contributed by atoms with Gasteiger partial charge in [0.1, 0.15) is 0 Å². The fourth-order valence-electron chi connectivity index (χ4n) is 3.19. The van der Waals surface area contributed by atoms with Crippen LogP contribution in [-0.2, 0) is 0 Å². The quantitative estimate of drug-likeness (QED) is 0.628. The van der Waals surface area contributed by atoms with Crippen LogP contribution >= 0.6 is 0 Å². The summed E-state index contributed by atoms with van der Waals surface area (Å²) in [5.74, 6) is 0.667. The molecule has 0 radical (unpaired) electrons. The lowest BCUT2D eigenvalue weighted by molar-refractivity contribution is 0.201. The summed E-state index contributed by atoms with van der Waals surface area (Å²) in [6.45, 7) is 13.5. The van der Waals surface area contributed by atoms with Gasteiger partial charge in [0.25, 0.3) is 0 Å². The van der Waals surface area contributed by atoms with E-state index in [9.17, 15) is 0 Å². The minimum absolute atomic E-state index is 0.346. The van der Waals surface area contributed by atoms with Crippen molar-refractivity contribution in [3.05, 3.63) is 70.8 Å². The van der Waals surface area contributed by atoms with Crippen molar-refractivity contribution in [2.75, 3.05) is 13.1 Å². The molecule has 2 aromatic carbocycles. The molecule has 0 aliphatic heterocycles. The van der Waals surface area contributed by atoms with Gasteiger partial charge in [-0.05, 0) is 43.9 Å². The van der Waals surface area contributed by atoms with Crippen LogP contribution in [-0.4, -0.2) is 18.0 Å². The van der Waals surface area contributed by atoms with Crippen LogP contribution in [0.4, 0.5) is 0 Å². The number of nitrogens with zero attached hydrogens (tertiary/aromatic N) is 1. The molecule has 23 heavy (non-hydrogen) atoms. The molecule has 0 aliphatic rings. The maximum Gasteiger partial charge on any atom is 0.0601 e. The molecule has 2 rings (SSSR count). The van der Waals surface area contributed by atoms with E-state index in [4.69, 9.17) is 0 Å². The zero-order valence-corrected chi connectivity index (χ0v) is 15.3. The van der Waals surface area contributed by atoms with E-state index in [1.165, 1.54) is 28.7 Å². The van der Waals surface area contributed by atoms with E-state index in [-0.39, 0.29) is 0 Å².